The molecule has 1 heterocycles. The van der Waals surface area contributed by atoms with E-state index < -0.39 is 0 Å². The third-order valence-electron chi connectivity index (χ3n) is 5.26. The lowest BCUT2D eigenvalue weighted by Crippen LogP contribution is -3.17. The Hall–Kier alpha value is -2.86. The van der Waals surface area contributed by atoms with E-state index >= 15 is 0 Å². The van der Waals surface area contributed by atoms with Crippen LogP contribution in [-0.4, -0.2) is 38.1 Å². The Morgan fingerprint density at radius 1 is 1.07 bits per heavy atom. The highest BCUT2D eigenvalue weighted by Crippen LogP contribution is 2.19. The first kappa shape index (κ1) is 19.9. The Morgan fingerprint density at radius 3 is 2.54 bits per heavy atom. The average molecular weight is 382 g/mol. The Morgan fingerprint density at radius 2 is 1.82 bits per heavy atom. The van der Waals surface area contributed by atoms with Crippen molar-refractivity contribution in [3.8, 4) is 5.75 Å². The van der Waals surface area contributed by atoms with Crippen molar-refractivity contribution in [3.63, 3.8) is 0 Å². The van der Waals surface area contributed by atoms with Gasteiger partial charge in [0.05, 0.1) is 30.9 Å². The van der Waals surface area contributed by atoms with Gasteiger partial charge in [-0.1, -0.05) is 12.1 Å². The summed E-state index contributed by atoms with van der Waals surface area (Å²) < 4.78 is 5.13. The summed E-state index contributed by atoms with van der Waals surface area (Å²) in [5.74, 6) is 0.397. The minimum absolute atomic E-state index is 0.0616. The zero-order valence-electron chi connectivity index (χ0n) is 16.5. The number of nitrogens with one attached hydrogen (secondary N) is 3. The van der Waals surface area contributed by atoms with E-state index in [1.54, 1.807) is 49.6 Å². The molecule has 0 aliphatic carbocycles. The number of hydrogen-bond donors (Lipinski definition) is 3. The van der Waals surface area contributed by atoms with Crippen LogP contribution in [0.2, 0.25) is 0 Å². The highest BCUT2D eigenvalue weighted by molar-refractivity contribution is 6.10. The zero-order valence-corrected chi connectivity index (χ0v) is 16.5. The van der Waals surface area contributed by atoms with Crippen LogP contribution in [-0.2, 0) is 4.79 Å². The number of likely N-dealkylation sites (tertiary alicyclic amines) is 1. The van der Waals surface area contributed by atoms with E-state index in [0.29, 0.717) is 29.5 Å². The number of piperidine rings is 1. The van der Waals surface area contributed by atoms with Gasteiger partial charge in [0.1, 0.15) is 5.75 Å². The van der Waals surface area contributed by atoms with Gasteiger partial charge in [-0.05, 0) is 62.6 Å². The molecule has 3 rings (SSSR count). The van der Waals surface area contributed by atoms with Crippen LogP contribution < -0.4 is 20.3 Å². The number of quaternary nitrogens is 1. The number of ether oxygens (including phenoxy) is 1. The molecule has 1 fully saturated rings. The van der Waals surface area contributed by atoms with Gasteiger partial charge in [0, 0.05) is 5.69 Å². The highest BCUT2D eigenvalue weighted by Gasteiger charge is 2.24. The first-order chi connectivity index (χ1) is 13.6. The summed E-state index contributed by atoms with van der Waals surface area (Å²) in [4.78, 5) is 26.6. The van der Waals surface area contributed by atoms with E-state index in [4.69, 9.17) is 4.74 Å². The monoisotopic (exact) mass is 382 g/mol. The largest absolute Gasteiger partial charge is 0.497 e. The minimum atomic E-state index is -0.264. The highest BCUT2D eigenvalue weighted by atomic mass is 16.5. The van der Waals surface area contributed by atoms with Crippen LogP contribution in [0.1, 0.15) is 36.5 Å². The smallest absolute Gasteiger partial charge is 0.279 e. The van der Waals surface area contributed by atoms with E-state index in [1.165, 1.54) is 11.3 Å². The lowest BCUT2D eigenvalue weighted by Gasteiger charge is -2.29. The van der Waals surface area contributed by atoms with Gasteiger partial charge in [0.15, 0.2) is 6.54 Å². The number of carbonyl (C=O) groups excluding carboxylic acids is 2. The fourth-order valence-corrected chi connectivity index (χ4v) is 3.58. The first-order valence-electron chi connectivity index (χ1n) is 9.75. The van der Waals surface area contributed by atoms with Gasteiger partial charge in [-0.15, -0.1) is 0 Å². The third kappa shape index (κ3) is 5.10. The Balaban J connectivity index is 1.66. The second-order valence-corrected chi connectivity index (χ2v) is 7.26. The van der Waals surface area contributed by atoms with Crippen LogP contribution in [0.4, 0.5) is 11.4 Å². The molecule has 28 heavy (non-hydrogen) atoms. The van der Waals surface area contributed by atoms with Crippen molar-refractivity contribution in [2.24, 2.45) is 0 Å². The van der Waals surface area contributed by atoms with Crippen molar-refractivity contribution in [2.75, 3.05) is 30.8 Å². The molecular formula is C22H28N3O3+. The predicted octanol–water partition coefficient (Wildman–Crippen LogP) is 2.34. The maximum Gasteiger partial charge on any atom is 0.279 e. The molecule has 6 nitrogen and oxygen atoms in total. The molecule has 2 aromatic rings. The van der Waals surface area contributed by atoms with Crippen LogP contribution in [0.25, 0.3) is 0 Å². The minimum Gasteiger partial charge on any atom is -0.497 e. The summed E-state index contributed by atoms with van der Waals surface area (Å²) in [7, 11) is 1.60. The van der Waals surface area contributed by atoms with Gasteiger partial charge in [-0.3, -0.25) is 9.59 Å². The summed E-state index contributed by atoms with van der Waals surface area (Å²) >= 11 is 0. The lowest BCUT2D eigenvalue weighted by molar-refractivity contribution is -0.920. The summed E-state index contributed by atoms with van der Waals surface area (Å²) in [5.41, 5.74) is 1.63. The van der Waals surface area contributed by atoms with E-state index in [1.807, 2.05) is 6.07 Å². The SMILES string of the molecule is COc1ccc(NC(=O)c2ccccc2NC(=O)C[NH+]2CCCC[C@H]2C)cc1. The normalized spacial score (nSPS) is 18.9. The fourth-order valence-electron chi connectivity index (χ4n) is 3.58. The van der Waals surface area contributed by atoms with E-state index in [2.05, 4.69) is 17.6 Å². The molecule has 0 spiro atoms. The Bertz CT molecular complexity index is 820. The van der Waals surface area contributed by atoms with Crippen molar-refractivity contribution in [3.05, 3.63) is 54.1 Å². The van der Waals surface area contributed by atoms with Crippen LogP contribution >= 0.6 is 0 Å². The maximum absolute atomic E-state index is 12.7. The number of benzene rings is 2. The standard InChI is InChI=1S/C22H27N3O3/c1-16-7-5-6-14-25(16)15-21(26)24-20-9-4-3-8-19(20)22(27)23-17-10-12-18(28-2)13-11-17/h3-4,8-13,16H,5-7,14-15H2,1-2H3,(H,23,27)(H,24,26)/p+1/t16-/m1/s1. The van der Waals surface area contributed by atoms with Crippen molar-refractivity contribution in [2.45, 2.75) is 32.2 Å². The van der Waals surface area contributed by atoms with E-state index in [0.717, 1.165) is 25.1 Å². The van der Waals surface area contributed by atoms with E-state index in [9.17, 15) is 9.59 Å². The average Bonchev–Trinajstić information content (AvgIpc) is 2.70. The first-order valence-corrected chi connectivity index (χ1v) is 9.75. The molecule has 148 valence electrons. The summed E-state index contributed by atoms with van der Waals surface area (Å²) in [6, 6.07) is 14.7. The number of amides is 2. The van der Waals surface area contributed by atoms with Gasteiger partial charge >= 0.3 is 0 Å². The third-order valence-corrected chi connectivity index (χ3v) is 5.26. The number of hydrogen-bond acceptors (Lipinski definition) is 3. The summed E-state index contributed by atoms with van der Waals surface area (Å²) in [6.45, 7) is 3.64. The second kappa shape index (κ2) is 9.37. The molecule has 1 aliphatic rings. The van der Waals surface area contributed by atoms with Crippen molar-refractivity contribution >= 4 is 23.2 Å². The molecule has 0 radical (unpaired) electrons. The van der Waals surface area contributed by atoms with Crippen LogP contribution in [0.15, 0.2) is 48.5 Å². The summed E-state index contributed by atoms with van der Waals surface area (Å²) in [6.07, 6.45) is 3.55. The van der Waals surface area contributed by atoms with Gasteiger partial charge in [0.25, 0.3) is 11.8 Å². The number of rotatable bonds is 6. The number of methoxy groups -OCH3 is 1. The zero-order chi connectivity index (χ0) is 19.9. The van der Waals surface area contributed by atoms with Crippen molar-refractivity contribution < 1.29 is 19.2 Å². The quantitative estimate of drug-likeness (QED) is 0.718. The number of para-hydroxylation sites is 1. The Kier molecular flexibility index (Phi) is 6.66. The molecule has 6 heteroatoms. The van der Waals surface area contributed by atoms with Crippen LogP contribution in [0, 0.1) is 0 Å². The van der Waals surface area contributed by atoms with Crippen LogP contribution in [0.5, 0.6) is 5.75 Å². The van der Waals surface area contributed by atoms with Crippen LogP contribution in [0.3, 0.4) is 0 Å². The molecular weight excluding hydrogens is 354 g/mol. The fraction of sp³-hybridized carbons (Fsp3) is 0.364. The molecule has 2 aromatic carbocycles. The summed E-state index contributed by atoms with van der Waals surface area (Å²) in [5, 5.41) is 5.78. The van der Waals surface area contributed by atoms with Crippen molar-refractivity contribution in [1.82, 2.24) is 0 Å². The molecule has 0 aromatic heterocycles. The Labute approximate surface area is 165 Å². The molecule has 2 amide bonds. The molecule has 1 saturated heterocycles. The molecule has 0 saturated carbocycles. The van der Waals surface area contributed by atoms with Gasteiger partial charge in [0.2, 0.25) is 0 Å². The number of anilines is 2. The van der Waals surface area contributed by atoms with Gasteiger partial charge in [-0.2, -0.15) is 0 Å². The number of carbonyl (C=O) groups is 2. The molecule has 1 aliphatic heterocycles. The molecule has 1 unspecified atom stereocenters. The second-order valence-electron chi connectivity index (χ2n) is 7.26. The van der Waals surface area contributed by atoms with Crippen molar-refractivity contribution in [1.29, 1.82) is 0 Å². The molecule has 3 N–H and O–H groups in total. The van der Waals surface area contributed by atoms with Gasteiger partial charge in [-0.25, -0.2) is 0 Å². The van der Waals surface area contributed by atoms with E-state index in [-0.39, 0.29) is 11.8 Å². The topological polar surface area (TPSA) is 71.9 Å². The van der Waals surface area contributed by atoms with Gasteiger partial charge < -0.3 is 20.3 Å². The lowest BCUT2D eigenvalue weighted by atomic mass is 10.0. The molecule has 2 atom stereocenters. The maximum atomic E-state index is 12.7. The molecule has 0 bridgehead atoms. The predicted molar refractivity (Wildman–Crippen MR) is 110 cm³/mol.